The van der Waals surface area contributed by atoms with Gasteiger partial charge in [0.15, 0.2) is 5.78 Å². The first-order valence-corrected chi connectivity index (χ1v) is 13.0. The summed E-state index contributed by atoms with van der Waals surface area (Å²) in [5.74, 6) is -1.94. The highest BCUT2D eigenvalue weighted by atomic mass is 35.5. The van der Waals surface area contributed by atoms with Gasteiger partial charge in [0.25, 0.3) is 0 Å². The van der Waals surface area contributed by atoms with Crippen LogP contribution in [0.5, 0.6) is 0 Å². The number of halogens is 2. The lowest BCUT2D eigenvalue weighted by Gasteiger charge is -2.49. The van der Waals surface area contributed by atoms with Crippen molar-refractivity contribution >= 4 is 29.0 Å². The van der Waals surface area contributed by atoms with E-state index in [4.69, 9.17) is 16.4 Å². The number of hydroxylamine groups is 1. The first kappa shape index (κ1) is 25.4. The molecule has 1 aromatic rings. The smallest absolute Gasteiger partial charge is 0.339 e. The molecular formula is C28H33ClFNO5. The lowest BCUT2D eigenvalue weighted by Crippen LogP contribution is -2.57. The fourth-order valence-corrected chi connectivity index (χ4v) is 7.69. The number of anilines is 1. The van der Waals surface area contributed by atoms with Crippen LogP contribution >= 0.6 is 11.6 Å². The molecule has 2 N–H and O–H groups in total. The second-order valence-electron chi connectivity index (χ2n) is 11.5. The largest absolute Gasteiger partial charge is 0.479 e. The normalized spacial score (nSPS) is 40.6. The van der Waals surface area contributed by atoms with Crippen LogP contribution in [0, 0.1) is 28.6 Å². The van der Waals surface area contributed by atoms with Gasteiger partial charge in [0.05, 0.1) is 18.3 Å². The van der Waals surface area contributed by atoms with E-state index in [1.807, 2.05) is 26.8 Å². The van der Waals surface area contributed by atoms with Gasteiger partial charge in [-0.15, -0.1) is 0 Å². The maximum atomic E-state index is 14.8. The van der Waals surface area contributed by atoms with Gasteiger partial charge >= 0.3 is 5.97 Å². The molecule has 3 aliphatic carbocycles. The summed E-state index contributed by atoms with van der Waals surface area (Å²) in [4.78, 5) is 31.3. The number of aliphatic hydroxyl groups is 1. The molecule has 0 aromatic heterocycles. The Bertz CT molecular complexity index is 1150. The summed E-state index contributed by atoms with van der Waals surface area (Å²) in [6, 6.07) is 7.12. The Kier molecular flexibility index (Phi) is 6.13. The predicted octanol–water partition coefficient (Wildman–Crippen LogP) is 5.15. The van der Waals surface area contributed by atoms with Gasteiger partial charge in [0, 0.05) is 21.8 Å². The lowest BCUT2D eigenvalue weighted by atomic mass is 9.57. The number of rotatable bonds is 5. The third-order valence-corrected chi connectivity index (χ3v) is 9.89. The van der Waals surface area contributed by atoms with Crippen molar-refractivity contribution in [3.63, 3.8) is 0 Å². The molecule has 6 nitrogen and oxygen atoms in total. The molecule has 5 rings (SSSR count). The number of carboxylic acid groups (broad SMARTS) is 1. The minimum Gasteiger partial charge on any atom is -0.479 e. The van der Waals surface area contributed by atoms with Gasteiger partial charge in [-0.25, -0.2) is 9.18 Å². The van der Waals surface area contributed by atoms with E-state index in [-0.39, 0.29) is 36.4 Å². The van der Waals surface area contributed by atoms with Crippen LogP contribution in [0.3, 0.4) is 0 Å². The number of alkyl halides is 1. The summed E-state index contributed by atoms with van der Waals surface area (Å²) < 4.78 is 14.8. The van der Waals surface area contributed by atoms with Crippen LogP contribution in [0.15, 0.2) is 48.1 Å². The van der Waals surface area contributed by atoms with E-state index in [9.17, 15) is 24.2 Å². The third-order valence-electron chi connectivity index (χ3n) is 9.65. The first-order chi connectivity index (χ1) is 16.9. The number of carboxylic acids is 1. The Morgan fingerprint density at radius 3 is 2.78 bits per heavy atom. The Hall–Kier alpha value is -2.22. The maximum absolute atomic E-state index is 14.8. The Morgan fingerprint density at radius 2 is 2.08 bits per heavy atom. The third kappa shape index (κ3) is 3.57. The summed E-state index contributed by atoms with van der Waals surface area (Å²) >= 11 is 6.17. The molecule has 8 heteroatoms. The number of benzene rings is 1. The molecule has 194 valence electrons. The van der Waals surface area contributed by atoms with Crippen molar-refractivity contribution in [1.29, 1.82) is 0 Å². The van der Waals surface area contributed by atoms with E-state index in [1.165, 1.54) is 12.2 Å². The molecule has 0 amide bonds. The number of nitrogens with zero attached hydrogens (tertiary/aromatic N) is 1. The standard InChI is InChI=1S/C28H33ClFNO5/c1-16-11-17-15-31(19-6-4-5-18(29)12-19)36-28(17,25(34)35)27(16,3)14-24(33)21-7-8-23(30)22-13-20(32)9-10-26(21,22)2/h4-6,9-10,12-13,16-17,21,23-24,33H,7-8,11,14-15H2,1-3H3,(H,34,35). The van der Waals surface area contributed by atoms with Gasteiger partial charge in [-0.05, 0) is 73.4 Å². The SMILES string of the molecule is CC1CC2CN(c3cccc(Cl)c3)OC2(C(=O)O)C1(C)CC(O)C1CCC(F)C2=CC(=O)C=CC21C. The molecule has 0 spiro atoms. The molecule has 1 aliphatic heterocycles. The van der Waals surface area contributed by atoms with Gasteiger partial charge in [-0.3, -0.25) is 14.7 Å². The summed E-state index contributed by atoms with van der Waals surface area (Å²) in [5, 5.41) is 24.4. The molecule has 1 aromatic carbocycles. The molecule has 36 heavy (non-hydrogen) atoms. The van der Waals surface area contributed by atoms with Crippen LogP contribution < -0.4 is 5.06 Å². The highest BCUT2D eigenvalue weighted by Gasteiger charge is 2.71. The highest BCUT2D eigenvalue weighted by Crippen LogP contribution is 2.62. The van der Waals surface area contributed by atoms with Crippen molar-refractivity contribution in [2.75, 3.05) is 11.6 Å². The second kappa shape index (κ2) is 8.67. The van der Waals surface area contributed by atoms with Gasteiger partial charge in [-0.2, -0.15) is 0 Å². The number of ketones is 1. The number of carbonyl (C=O) groups is 2. The summed E-state index contributed by atoms with van der Waals surface area (Å²) in [5.41, 5.74) is -2.12. The summed E-state index contributed by atoms with van der Waals surface area (Å²) in [7, 11) is 0. The second-order valence-corrected chi connectivity index (χ2v) is 11.9. The molecule has 0 bridgehead atoms. The Labute approximate surface area is 215 Å². The highest BCUT2D eigenvalue weighted by molar-refractivity contribution is 6.30. The van der Waals surface area contributed by atoms with Crippen molar-refractivity contribution < 1.29 is 29.0 Å². The van der Waals surface area contributed by atoms with E-state index in [0.29, 0.717) is 35.7 Å². The number of hydrogen-bond acceptors (Lipinski definition) is 5. The number of fused-ring (bicyclic) bond motifs is 2. The molecule has 4 aliphatic rings. The molecule has 8 unspecified atom stereocenters. The number of carbonyl (C=O) groups excluding carboxylic acids is 1. The van der Waals surface area contributed by atoms with Crippen molar-refractivity contribution in [2.24, 2.45) is 28.6 Å². The van der Waals surface area contributed by atoms with Crippen LogP contribution in [-0.4, -0.2) is 46.4 Å². The fourth-order valence-electron chi connectivity index (χ4n) is 7.50. The fraction of sp³-hybridized carbons (Fsp3) is 0.571. The van der Waals surface area contributed by atoms with E-state index < -0.39 is 34.7 Å². The zero-order chi connectivity index (χ0) is 26.0. The zero-order valence-electron chi connectivity index (χ0n) is 20.8. The van der Waals surface area contributed by atoms with Gasteiger partial charge in [0.1, 0.15) is 6.17 Å². The molecule has 1 saturated heterocycles. The maximum Gasteiger partial charge on any atom is 0.339 e. The molecule has 2 saturated carbocycles. The minimum atomic E-state index is -1.52. The monoisotopic (exact) mass is 517 g/mol. The van der Waals surface area contributed by atoms with Gasteiger partial charge in [-0.1, -0.05) is 44.5 Å². The topological polar surface area (TPSA) is 87.1 Å². The van der Waals surface area contributed by atoms with Crippen molar-refractivity contribution in [3.8, 4) is 0 Å². The average molecular weight is 518 g/mol. The van der Waals surface area contributed by atoms with Crippen LogP contribution in [0.1, 0.15) is 46.5 Å². The quantitative estimate of drug-likeness (QED) is 0.562. The van der Waals surface area contributed by atoms with Crippen molar-refractivity contribution in [1.82, 2.24) is 0 Å². The van der Waals surface area contributed by atoms with Gasteiger partial charge < -0.3 is 10.2 Å². The van der Waals surface area contributed by atoms with E-state index >= 15 is 0 Å². The van der Waals surface area contributed by atoms with Gasteiger partial charge in [0.2, 0.25) is 5.60 Å². The Balaban J connectivity index is 1.47. The number of aliphatic hydroxyl groups excluding tert-OH is 1. The van der Waals surface area contributed by atoms with Crippen LogP contribution in [-0.2, 0) is 14.4 Å². The lowest BCUT2D eigenvalue weighted by molar-refractivity contribution is -0.186. The molecular weight excluding hydrogens is 485 g/mol. The van der Waals surface area contributed by atoms with E-state index in [0.717, 1.165) is 0 Å². The summed E-state index contributed by atoms with van der Waals surface area (Å²) in [6.45, 7) is 6.19. The molecule has 8 atom stereocenters. The van der Waals surface area contributed by atoms with E-state index in [2.05, 4.69) is 0 Å². The van der Waals surface area contributed by atoms with Crippen molar-refractivity contribution in [2.45, 2.75) is 64.3 Å². The van der Waals surface area contributed by atoms with Crippen molar-refractivity contribution in [3.05, 3.63) is 53.1 Å². The predicted molar refractivity (Wildman–Crippen MR) is 134 cm³/mol. The van der Waals surface area contributed by atoms with Crippen LogP contribution in [0.4, 0.5) is 10.1 Å². The molecule has 1 heterocycles. The van der Waals surface area contributed by atoms with Crippen LogP contribution in [0.25, 0.3) is 0 Å². The average Bonchev–Trinajstić information content (AvgIpc) is 3.29. The minimum absolute atomic E-state index is 0.0291. The Morgan fingerprint density at radius 1 is 1.33 bits per heavy atom. The van der Waals surface area contributed by atoms with Crippen LogP contribution in [0.2, 0.25) is 5.02 Å². The number of allylic oxidation sites excluding steroid dienone is 4. The first-order valence-electron chi connectivity index (χ1n) is 12.7. The zero-order valence-corrected chi connectivity index (χ0v) is 21.5. The molecule has 3 fully saturated rings. The summed E-state index contributed by atoms with van der Waals surface area (Å²) in [6.07, 6.45) is 3.88. The number of aliphatic carboxylic acids is 1. The van der Waals surface area contributed by atoms with E-state index in [1.54, 1.807) is 29.3 Å². The molecule has 0 radical (unpaired) electrons. The number of hydrogen-bond donors (Lipinski definition) is 2.